The van der Waals surface area contributed by atoms with Crippen LogP contribution < -0.4 is 0 Å². The van der Waals surface area contributed by atoms with Crippen LogP contribution in [0.3, 0.4) is 0 Å². The Kier molecular flexibility index (Phi) is 2.34. The van der Waals surface area contributed by atoms with E-state index in [0.717, 1.165) is 13.0 Å². The first-order valence-electron chi connectivity index (χ1n) is 4.72. The molecule has 2 rings (SSSR count). The summed E-state index contributed by atoms with van der Waals surface area (Å²) in [4.78, 5) is 2.29. The molecular formula is C11H15NO. The second kappa shape index (κ2) is 3.48. The summed E-state index contributed by atoms with van der Waals surface area (Å²) in [6.45, 7) is 1.28. The van der Waals surface area contributed by atoms with Gasteiger partial charge >= 0.3 is 0 Å². The Bertz CT molecular complexity index is 298. The molecule has 0 radical (unpaired) electrons. The maximum Gasteiger partial charge on any atom is 0.0449 e. The van der Waals surface area contributed by atoms with Gasteiger partial charge in [-0.2, -0.15) is 0 Å². The Labute approximate surface area is 78.8 Å². The highest BCUT2D eigenvalue weighted by atomic mass is 16.3. The van der Waals surface area contributed by atoms with E-state index in [1.54, 1.807) is 0 Å². The maximum atomic E-state index is 8.94. The smallest absolute Gasteiger partial charge is 0.0449 e. The monoisotopic (exact) mass is 177 g/mol. The molecule has 2 nitrogen and oxygen atoms in total. The molecule has 1 N–H and O–H groups in total. The van der Waals surface area contributed by atoms with Crippen molar-refractivity contribution in [3.8, 4) is 0 Å². The summed E-state index contributed by atoms with van der Waals surface area (Å²) in [6.07, 6.45) is 0.841. The topological polar surface area (TPSA) is 23.5 Å². The number of hydrogen-bond acceptors (Lipinski definition) is 2. The highest BCUT2D eigenvalue weighted by Crippen LogP contribution is 2.33. The van der Waals surface area contributed by atoms with Crippen LogP contribution in [0.2, 0.25) is 0 Å². The maximum absolute atomic E-state index is 8.94. The van der Waals surface area contributed by atoms with Gasteiger partial charge in [0.05, 0.1) is 0 Å². The molecule has 2 heteroatoms. The Morgan fingerprint density at radius 1 is 1.46 bits per heavy atom. The largest absolute Gasteiger partial charge is 0.396 e. The van der Waals surface area contributed by atoms with Gasteiger partial charge in [-0.3, -0.25) is 4.90 Å². The van der Waals surface area contributed by atoms with Crippen molar-refractivity contribution in [1.29, 1.82) is 0 Å². The fourth-order valence-electron chi connectivity index (χ4n) is 2.12. The molecule has 0 saturated carbocycles. The summed E-state index contributed by atoms with van der Waals surface area (Å²) in [7, 11) is 2.11. The second-order valence-electron chi connectivity index (χ2n) is 3.64. The third-order valence-electron chi connectivity index (χ3n) is 2.77. The average molecular weight is 177 g/mol. The summed E-state index contributed by atoms with van der Waals surface area (Å²) in [5.41, 5.74) is 2.79. The van der Waals surface area contributed by atoms with Gasteiger partial charge < -0.3 is 5.11 Å². The third-order valence-corrected chi connectivity index (χ3v) is 2.77. The minimum atomic E-state index is 0.267. The van der Waals surface area contributed by atoms with Crippen LogP contribution in [-0.4, -0.2) is 23.7 Å². The van der Waals surface area contributed by atoms with Gasteiger partial charge in [-0.25, -0.2) is 0 Å². The van der Waals surface area contributed by atoms with Gasteiger partial charge in [-0.15, -0.1) is 0 Å². The van der Waals surface area contributed by atoms with E-state index in [1.165, 1.54) is 11.1 Å². The molecule has 1 aromatic carbocycles. The van der Waals surface area contributed by atoms with Crippen LogP contribution in [0.25, 0.3) is 0 Å². The Morgan fingerprint density at radius 3 is 3.00 bits per heavy atom. The van der Waals surface area contributed by atoms with Crippen molar-refractivity contribution in [3.63, 3.8) is 0 Å². The van der Waals surface area contributed by atoms with Crippen molar-refractivity contribution in [2.75, 3.05) is 13.7 Å². The molecule has 0 aliphatic carbocycles. The molecule has 0 unspecified atom stereocenters. The van der Waals surface area contributed by atoms with Gasteiger partial charge in [0.15, 0.2) is 0 Å². The average Bonchev–Trinajstić information content (AvgIpc) is 2.44. The first-order chi connectivity index (χ1) is 6.33. The minimum absolute atomic E-state index is 0.267. The van der Waals surface area contributed by atoms with Crippen LogP contribution >= 0.6 is 0 Å². The highest BCUT2D eigenvalue weighted by molar-refractivity contribution is 5.33. The number of aliphatic hydroxyl groups excluding tert-OH is 1. The highest BCUT2D eigenvalue weighted by Gasteiger charge is 2.25. The number of benzene rings is 1. The number of nitrogens with zero attached hydrogens (tertiary/aromatic N) is 1. The zero-order valence-corrected chi connectivity index (χ0v) is 7.90. The van der Waals surface area contributed by atoms with Crippen LogP contribution in [0.15, 0.2) is 24.3 Å². The molecule has 0 bridgehead atoms. The fraction of sp³-hybridized carbons (Fsp3) is 0.455. The summed E-state index contributed by atoms with van der Waals surface area (Å²) in [6, 6.07) is 8.90. The molecule has 1 atom stereocenters. The normalized spacial score (nSPS) is 21.8. The number of aliphatic hydroxyl groups is 1. The van der Waals surface area contributed by atoms with Crippen LogP contribution in [-0.2, 0) is 6.54 Å². The minimum Gasteiger partial charge on any atom is -0.396 e. The summed E-state index contributed by atoms with van der Waals surface area (Å²) in [5, 5.41) is 8.94. The van der Waals surface area contributed by atoms with Gasteiger partial charge in [0.25, 0.3) is 0 Å². The predicted molar refractivity (Wildman–Crippen MR) is 52.4 cm³/mol. The van der Waals surface area contributed by atoms with E-state index in [1.807, 2.05) is 0 Å². The third kappa shape index (κ3) is 1.47. The Hall–Kier alpha value is -0.860. The predicted octanol–water partition coefficient (Wildman–Crippen LogP) is 1.56. The van der Waals surface area contributed by atoms with Crippen molar-refractivity contribution >= 4 is 0 Å². The zero-order valence-electron chi connectivity index (χ0n) is 7.90. The summed E-state index contributed by atoms with van der Waals surface area (Å²) in [5.74, 6) is 0. The molecule has 0 saturated heterocycles. The molecule has 1 aliphatic rings. The molecule has 0 spiro atoms. The molecule has 0 fully saturated rings. The van der Waals surface area contributed by atoms with Crippen molar-refractivity contribution in [2.45, 2.75) is 19.0 Å². The molecule has 13 heavy (non-hydrogen) atoms. The number of rotatable bonds is 2. The van der Waals surface area contributed by atoms with E-state index in [2.05, 4.69) is 36.2 Å². The molecule has 1 aliphatic heterocycles. The molecule has 1 heterocycles. The van der Waals surface area contributed by atoms with Gasteiger partial charge in [-0.1, -0.05) is 24.3 Å². The lowest BCUT2D eigenvalue weighted by Crippen LogP contribution is -2.17. The van der Waals surface area contributed by atoms with E-state index in [0.29, 0.717) is 6.04 Å². The molecule has 1 aromatic rings. The summed E-state index contributed by atoms with van der Waals surface area (Å²) < 4.78 is 0. The lowest BCUT2D eigenvalue weighted by atomic mass is 10.0. The first kappa shape index (κ1) is 8.73. The van der Waals surface area contributed by atoms with Gasteiger partial charge in [0, 0.05) is 19.2 Å². The van der Waals surface area contributed by atoms with E-state index < -0.39 is 0 Å². The van der Waals surface area contributed by atoms with Gasteiger partial charge in [0.1, 0.15) is 0 Å². The lowest BCUT2D eigenvalue weighted by molar-refractivity contribution is 0.199. The van der Waals surface area contributed by atoms with Crippen LogP contribution in [0, 0.1) is 0 Å². The molecule has 0 aromatic heterocycles. The Balaban J connectivity index is 2.29. The lowest BCUT2D eigenvalue weighted by Gasteiger charge is -2.18. The van der Waals surface area contributed by atoms with Gasteiger partial charge in [-0.05, 0) is 24.6 Å². The first-order valence-corrected chi connectivity index (χ1v) is 4.72. The fourth-order valence-corrected chi connectivity index (χ4v) is 2.12. The Morgan fingerprint density at radius 2 is 2.23 bits per heavy atom. The van der Waals surface area contributed by atoms with Crippen molar-refractivity contribution < 1.29 is 5.11 Å². The van der Waals surface area contributed by atoms with Crippen LogP contribution in [0.4, 0.5) is 0 Å². The molecular weight excluding hydrogens is 162 g/mol. The second-order valence-corrected chi connectivity index (χ2v) is 3.64. The van der Waals surface area contributed by atoms with E-state index in [4.69, 9.17) is 5.11 Å². The quantitative estimate of drug-likeness (QED) is 0.741. The van der Waals surface area contributed by atoms with Crippen LogP contribution in [0.5, 0.6) is 0 Å². The van der Waals surface area contributed by atoms with E-state index >= 15 is 0 Å². The van der Waals surface area contributed by atoms with E-state index in [-0.39, 0.29) is 6.61 Å². The molecule has 70 valence electrons. The van der Waals surface area contributed by atoms with Gasteiger partial charge in [0.2, 0.25) is 0 Å². The number of fused-ring (bicyclic) bond motifs is 1. The van der Waals surface area contributed by atoms with Crippen LogP contribution in [0.1, 0.15) is 23.6 Å². The van der Waals surface area contributed by atoms with Crippen molar-refractivity contribution in [2.24, 2.45) is 0 Å². The van der Waals surface area contributed by atoms with Crippen molar-refractivity contribution in [3.05, 3.63) is 35.4 Å². The molecule has 0 amide bonds. The number of hydrogen-bond donors (Lipinski definition) is 1. The zero-order chi connectivity index (χ0) is 9.26. The van der Waals surface area contributed by atoms with Crippen molar-refractivity contribution in [1.82, 2.24) is 4.90 Å². The standard InChI is InChI=1S/C11H15NO/c1-12-8-9-4-2-3-5-10(9)11(12)6-7-13/h2-5,11,13H,6-8H2,1H3/t11-/m1/s1. The summed E-state index contributed by atoms with van der Waals surface area (Å²) >= 11 is 0. The SMILES string of the molecule is CN1Cc2ccccc2[C@H]1CCO. The van der Waals surface area contributed by atoms with E-state index in [9.17, 15) is 0 Å².